The second kappa shape index (κ2) is 2.82. The van der Waals surface area contributed by atoms with Gasteiger partial charge in [-0.1, -0.05) is 0 Å². The summed E-state index contributed by atoms with van der Waals surface area (Å²) >= 11 is 0. The number of fused-ring (bicyclic) bond motifs is 1. The van der Waals surface area contributed by atoms with E-state index in [0.29, 0.717) is 6.04 Å². The van der Waals surface area contributed by atoms with Gasteiger partial charge in [0.05, 0.1) is 31.1 Å². The fourth-order valence-corrected chi connectivity index (χ4v) is 1.94. The van der Waals surface area contributed by atoms with Gasteiger partial charge in [0.1, 0.15) is 0 Å². The van der Waals surface area contributed by atoms with Gasteiger partial charge in [0, 0.05) is 6.54 Å². The van der Waals surface area contributed by atoms with Gasteiger partial charge in [0.15, 0.2) is 0 Å². The second-order valence-corrected chi connectivity index (χ2v) is 3.68. The molecule has 0 spiro atoms. The van der Waals surface area contributed by atoms with E-state index in [4.69, 9.17) is 4.74 Å². The molecule has 0 radical (unpaired) electrons. The predicted molar refractivity (Wildman–Crippen MR) is 47.5 cm³/mol. The van der Waals surface area contributed by atoms with Crippen molar-refractivity contribution in [2.24, 2.45) is 0 Å². The topological polar surface area (TPSA) is 39.1 Å². The third-order valence-corrected chi connectivity index (χ3v) is 2.82. The molecule has 4 heteroatoms. The van der Waals surface area contributed by atoms with Crippen molar-refractivity contribution < 1.29 is 4.74 Å². The van der Waals surface area contributed by atoms with E-state index >= 15 is 0 Å². The summed E-state index contributed by atoms with van der Waals surface area (Å²) in [7, 11) is 0. The monoisotopic (exact) mass is 179 g/mol. The fraction of sp³-hybridized carbons (Fsp3) is 0.667. The van der Waals surface area contributed by atoms with Crippen molar-refractivity contribution in [2.45, 2.75) is 19.0 Å². The maximum absolute atomic E-state index is 5.17. The Morgan fingerprint density at radius 3 is 3.23 bits per heavy atom. The number of nitrogens with one attached hydrogen (secondary N) is 1. The molecule has 1 aromatic rings. The highest BCUT2D eigenvalue weighted by Crippen LogP contribution is 2.22. The average Bonchev–Trinajstić information content (AvgIpc) is 2.47. The van der Waals surface area contributed by atoms with Crippen LogP contribution in [-0.4, -0.2) is 29.5 Å². The Morgan fingerprint density at radius 1 is 1.54 bits per heavy atom. The molecule has 1 N–H and O–H groups in total. The molecule has 0 saturated carbocycles. The van der Waals surface area contributed by atoms with E-state index < -0.39 is 0 Å². The van der Waals surface area contributed by atoms with E-state index in [2.05, 4.69) is 15.1 Å². The Bertz CT molecular complexity index is 317. The van der Waals surface area contributed by atoms with Crippen LogP contribution in [0.3, 0.4) is 0 Å². The van der Waals surface area contributed by atoms with Gasteiger partial charge in [0.2, 0.25) is 0 Å². The minimum atomic E-state index is 0.489. The molecule has 70 valence electrons. The Hall–Kier alpha value is -0.870. The number of rotatable bonds is 1. The van der Waals surface area contributed by atoms with E-state index in [1.54, 1.807) is 0 Å². The first kappa shape index (κ1) is 7.53. The van der Waals surface area contributed by atoms with Gasteiger partial charge >= 0.3 is 0 Å². The smallest absolute Gasteiger partial charge is 0.0989 e. The molecule has 0 aliphatic carbocycles. The SMILES string of the molecule is c1nn(C2COC2)c2c1CCNC2. The van der Waals surface area contributed by atoms with Gasteiger partial charge in [-0.15, -0.1) is 0 Å². The summed E-state index contributed by atoms with van der Waals surface area (Å²) in [5.41, 5.74) is 2.77. The summed E-state index contributed by atoms with van der Waals surface area (Å²) in [5.74, 6) is 0. The molecule has 0 bridgehead atoms. The molecular formula is C9H13N3O. The van der Waals surface area contributed by atoms with Crippen molar-refractivity contribution in [3.8, 4) is 0 Å². The molecule has 0 atom stereocenters. The molecule has 3 heterocycles. The third kappa shape index (κ3) is 1.09. The third-order valence-electron chi connectivity index (χ3n) is 2.82. The summed E-state index contributed by atoms with van der Waals surface area (Å²) < 4.78 is 7.30. The van der Waals surface area contributed by atoms with Crippen molar-refractivity contribution in [2.75, 3.05) is 19.8 Å². The summed E-state index contributed by atoms with van der Waals surface area (Å²) in [5, 5.41) is 7.79. The van der Waals surface area contributed by atoms with Gasteiger partial charge in [-0.05, 0) is 18.5 Å². The Morgan fingerprint density at radius 2 is 2.46 bits per heavy atom. The zero-order valence-electron chi connectivity index (χ0n) is 7.49. The summed E-state index contributed by atoms with van der Waals surface area (Å²) in [6, 6.07) is 0.489. The summed E-state index contributed by atoms with van der Waals surface area (Å²) in [6.07, 6.45) is 3.12. The van der Waals surface area contributed by atoms with E-state index in [0.717, 1.165) is 32.7 Å². The fourth-order valence-electron chi connectivity index (χ4n) is 1.94. The van der Waals surface area contributed by atoms with Crippen LogP contribution < -0.4 is 5.32 Å². The van der Waals surface area contributed by atoms with Crippen LogP contribution in [0.25, 0.3) is 0 Å². The van der Waals surface area contributed by atoms with E-state index in [9.17, 15) is 0 Å². The lowest BCUT2D eigenvalue weighted by Crippen LogP contribution is -2.34. The summed E-state index contributed by atoms with van der Waals surface area (Å²) in [4.78, 5) is 0. The van der Waals surface area contributed by atoms with Crippen molar-refractivity contribution >= 4 is 0 Å². The predicted octanol–water partition coefficient (Wildman–Crippen LogP) is 0.100. The van der Waals surface area contributed by atoms with Crippen LogP contribution in [0.1, 0.15) is 17.3 Å². The largest absolute Gasteiger partial charge is 0.377 e. The van der Waals surface area contributed by atoms with Crippen LogP contribution in [0, 0.1) is 0 Å². The Kier molecular flexibility index (Phi) is 1.63. The van der Waals surface area contributed by atoms with Crippen LogP contribution >= 0.6 is 0 Å². The number of ether oxygens (including phenoxy) is 1. The lowest BCUT2D eigenvalue weighted by Gasteiger charge is -2.28. The molecule has 2 aliphatic heterocycles. The van der Waals surface area contributed by atoms with Gasteiger partial charge < -0.3 is 10.1 Å². The van der Waals surface area contributed by atoms with Crippen LogP contribution in [-0.2, 0) is 17.7 Å². The number of hydrogen-bond donors (Lipinski definition) is 1. The molecule has 0 aromatic carbocycles. The molecule has 1 saturated heterocycles. The quantitative estimate of drug-likeness (QED) is 0.664. The zero-order valence-corrected chi connectivity index (χ0v) is 7.49. The molecule has 13 heavy (non-hydrogen) atoms. The normalized spacial score (nSPS) is 22.5. The molecular weight excluding hydrogens is 166 g/mol. The van der Waals surface area contributed by atoms with Crippen molar-refractivity contribution in [3.63, 3.8) is 0 Å². The van der Waals surface area contributed by atoms with Crippen molar-refractivity contribution in [1.82, 2.24) is 15.1 Å². The zero-order chi connectivity index (χ0) is 8.67. The summed E-state index contributed by atoms with van der Waals surface area (Å²) in [6.45, 7) is 3.70. The van der Waals surface area contributed by atoms with Crippen LogP contribution in [0.15, 0.2) is 6.20 Å². The number of hydrogen-bond acceptors (Lipinski definition) is 3. The lowest BCUT2D eigenvalue weighted by atomic mass is 10.1. The van der Waals surface area contributed by atoms with E-state index in [1.807, 2.05) is 6.20 Å². The van der Waals surface area contributed by atoms with Crippen molar-refractivity contribution in [3.05, 3.63) is 17.5 Å². The van der Waals surface area contributed by atoms with Gasteiger partial charge in [-0.3, -0.25) is 4.68 Å². The maximum atomic E-state index is 5.17. The Balaban J connectivity index is 1.95. The minimum absolute atomic E-state index is 0.489. The molecule has 4 nitrogen and oxygen atoms in total. The highest BCUT2D eigenvalue weighted by Gasteiger charge is 2.25. The minimum Gasteiger partial charge on any atom is -0.377 e. The van der Waals surface area contributed by atoms with Gasteiger partial charge in [0.25, 0.3) is 0 Å². The molecule has 2 aliphatic rings. The van der Waals surface area contributed by atoms with E-state index in [1.165, 1.54) is 11.3 Å². The first-order chi connectivity index (χ1) is 6.45. The van der Waals surface area contributed by atoms with Crippen molar-refractivity contribution in [1.29, 1.82) is 0 Å². The first-order valence-electron chi connectivity index (χ1n) is 4.79. The second-order valence-electron chi connectivity index (χ2n) is 3.68. The number of aromatic nitrogens is 2. The molecule has 0 amide bonds. The molecule has 1 aromatic heterocycles. The first-order valence-corrected chi connectivity index (χ1v) is 4.79. The van der Waals surface area contributed by atoms with Gasteiger partial charge in [-0.2, -0.15) is 5.10 Å². The van der Waals surface area contributed by atoms with Crippen LogP contribution in [0.4, 0.5) is 0 Å². The maximum Gasteiger partial charge on any atom is 0.0989 e. The van der Waals surface area contributed by atoms with Gasteiger partial charge in [-0.25, -0.2) is 0 Å². The molecule has 0 unspecified atom stereocenters. The Labute approximate surface area is 76.9 Å². The average molecular weight is 179 g/mol. The lowest BCUT2D eigenvalue weighted by molar-refractivity contribution is -0.0300. The standard InChI is InChI=1S/C9H13N3O/c1-2-10-4-9-7(1)3-11-12(9)8-5-13-6-8/h3,8,10H,1-2,4-6H2. The highest BCUT2D eigenvalue weighted by molar-refractivity contribution is 5.21. The van der Waals surface area contributed by atoms with Crippen LogP contribution in [0.2, 0.25) is 0 Å². The van der Waals surface area contributed by atoms with Crippen LogP contribution in [0.5, 0.6) is 0 Å². The van der Waals surface area contributed by atoms with E-state index in [-0.39, 0.29) is 0 Å². The molecule has 3 rings (SSSR count). The molecule has 1 fully saturated rings. The highest BCUT2D eigenvalue weighted by atomic mass is 16.5. The number of nitrogens with zero attached hydrogens (tertiary/aromatic N) is 2.